The van der Waals surface area contributed by atoms with Gasteiger partial charge in [0.1, 0.15) is 5.75 Å². The van der Waals surface area contributed by atoms with Crippen LogP contribution in [0.4, 0.5) is 10.5 Å². The summed E-state index contributed by atoms with van der Waals surface area (Å²) in [6, 6.07) is 4.71. The second-order valence-corrected chi connectivity index (χ2v) is 2.86. The molecule has 1 heterocycles. The molecule has 0 saturated carbocycles. The first-order chi connectivity index (χ1) is 6.66. The lowest BCUT2D eigenvalue weighted by atomic mass is 10.2. The first-order valence-electron chi connectivity index (χ1n) is 3.97. The molecule has 0 aliphatic rings. The Morgan fingerprint density at radius 3 is 2.93 bits per heavy atom. The van der Waals surface area contributed by atoms with Gasteiger partial charge in [-0.25, -0.2) is 4.79 Å². The summed E-state index contributed by atoms with van der Waals surface area (Å²) in [5.41, 5.74) is 1.20. The van der Waals surface area contributed by atoms with Gasteiger partial charge in [-0.2, -0.15) is 0 Å². The number of H-pyrrole nitrogens is 1. The molecule has 0 aliphatic heterocycles. The molecular formula is C9H8N2O3. The molecule has 14 heavy (non-hydrogen) atoms. The van der Waals surface area contributed by atoms with Gasteiger partial charge >= 0.3 is 6.09 Å². The van der Waals surface area contributed by atoms with E-state index < -0.39 is 6.09 Å². The van der Waals surface area contributed by atoms with Gasteiger partial charge in [-0.15, -0.1) is 0 Å². The van der Waals surface area contributed by atoms with Crippen molar-refractivity contribution in [3.05, 3.63) is 24.4 Å². The van der Waals surface area contributed by atoms with Crippen LogP contribution in [0.2, 0.25) is 0 Å². The van der Waals surface area contributed by atoms with Gasteiger partial charge in [-0.05, 0) is 18.2 Å². The molecule has 0 aliphatic carbocycles. The maximum absolute atomic E-state index is 10.4. The number of carboxylic acid groups (broad SMARTS) is 1. The van der Waals surface area contributed by atoms with Crippen LogP contribution in [0.1, 0.15) is 0 Å². The Morgan fingerprint density at radius 1 is 1.43 bits per heavy atom. The van der Waals surface area contributed by atoms with Crippen LogP contribution < -0.4 is 5.32 Å². The number of carbonyl (C=O) groups is 1. The minimum absolute atomic E-state index is 0.102. The Bertz CT molecular complexity index is 490. The summed E-state index contributed by atoms with van der Waals surface area (Å²) in [6.07, 6.45) is 0.410. The molecule has 0 radical (unpaired) electrons. The van der Waals surface area contributed by atoms with Crippen molar-refractivity contribution in [3.8, 4) is 5.75 Å². The molecule has 0 unspecified atom stereocenters. The fourth-order valence-electron chi connectivity index (χ4n) is 1.33. The Hall–Kier alpha value is -2.17. The third kappa shape index (κ3) is 1.35. The number of phenolic OH excluding ortho intramolecular Hbond substituents is 1. The van der Waals surface area contributed by atoms with Crippen molar-refractivity contribution in [2.24, 2.45) is 0 Å². The highest BCUT2D eigenvalue weighted by atomic mass is 16.4. The van der Waals surface area contributed by atoms with Gasteiger partial charge in [0, 0.05) is 17.1 Å². The van der Waals surface area contributed by atoms with Gasteiger partial charge in [-0.1, -0.05) is 0 Å². The average Bonchev–Trinajstić information content (AvgIpc) is 2.47. The van der Waals surface area contributed by atoms with E-state index in [4.69, 9.17) is 5.11 Å². The van der Waals surface area contributed by atoms with E-state index in [0.29, 0.717) is 11.1 Å². The zero-order valence-corrected chi connectivity index (χ0v) is 7.11. The molecule has 0 saturated heterocycles. The molecule has 72 valence electrons. The van der Waals surface area contributed by atoms with Crippen LogP contribution in [-0.4, -0.2) is 21.3 Å². The summed E-state index contributed by atoms with van der Waals surface area (Å²) >= 11 is 0. The van der Waals surface area contributed by atoms with E-state index in [-0.39, 0.29) is 5.75 Å². The Labute approximate surface area is 79.0 Å². The van der Waals surface area contributed by atoms with E-state index in [0.717, 1.165) is 5.52 Å². The number of aromatic nitrogens is 1. The second-order valence-electron chi connectivity index (χ2n) is 2.86. The number of hydrogen-bond acceptors (Lipinski definition) is 2. The standard InChI is InChI=1S/C9H8N2O3/c12-5-1-2-7-6(3-5)8(4-10-7)11-9(13)14/h1-4,10-12H,(H,13,14). The summed E-state index contributed by atoms with van der Waals surface area (Å²) < 4.78 is 0. The first-order valence-corrected chi connectivity index (χ1v) is 3.97. The van der Waals surface area contributed by atoms with Crippen molar-refractivity contribution in [1.29, 1.82) is 0 Å². The smallest absolute Gasteiger partial charge is 0.409 e. The Kier molecular flexibility index (Phi) is 1.78. The number of benzene rings is 1. The quantitative estimate of drug-likeness (QED) is 0.557. The molecule has 1 amide bonds. The summed E-state index contributed by atoms with van der Waals surface area (Å²) in [4.78, 5) is 13.3. The van der Waals surface area contributed by atoms with Crippen molar-refractivity contribution in [3.63, 3.8) is 0 Å². The van der Waals surface area contributed by atoms with E-state index in [1.807, 2.05) is 0 Å². The highest BCUT2D eigenvalue weighted by molar-refractivity contribution is 5.99. The number of hydrogen-bond donors (Lipinski definition) is 4. The minimum atomic E-state index is -1.13. The van der Waals surface area contributed by atoms with Gasteiger partial charge < -0.3 is 15.2 Å². The molecular weight excluding hydrogens is 184 g/mol. The summed E-state index contributed by atoms with van der Waals surface area (Å²) in [6.45, 7) is 0. The lowest BCUT2D eigenvalue weighted by molar-refractivity contribution is 0.210. The van der Waals surface area contributed by atoms with E-state index in [1.165, 1.54) is 18.3 Å². The van der Waals surface area contributed by atoms with Crippen LogP contribution >= 0.6 is 0 Å². The summed E-state index contributed by atoms with van der Waals surface area (Å²) in [5, 5.41) is 20.6. The van der Waals surface area contributed by atoms with Gasteiger partial charge in [0.05, 0.1) is 5.69 Å². The number of aromatic hydroxyl groups is 1. The molecule has 1 aromatic heterocycles. The van der Waals surface area contributed by atoms with Gasteiger partial charge in [0.2, 0.25) is 0 Å². The second kappa shape index (κ2) is 2.95. The van der Waals surface area contributed by atoms with Crippen LogP contribution in [0.3, 0.4) is 0 Å². The first kappa shape index (κ1) is 8.43. The largest absolute Gasteiger partial charge is 0.508 e. The lowest BCUT2D eigenvalue weighted by Gasteiger charge is -1.97. The van der Waals surface area contributed by atoms with Crippen LogP contribution in [-0.2, 0) is 0 Å². The number of fused-ring (bicyclic) bond motifs is 1. The minimum Gasteiger partial charge on any atom is -0.508 e. The summed E-state index contributed by atoms with van der Waals surface area (Å²) in [7, 11) is 0. The molecule has 5 nitrogen and oxygen atoms in total. The average molecular weight is 192 g/mol. The van der Waals surface area contributed by atoms with Crippen molar-refractivity contribution in [2.75, 3.05) is 5.32 Å². The van der Waals surface area contributed by atoms with Gasteiger partial charge in [0.15, 0.2) is 0 Å². The number of nitrogens with one attached hydrogen (secondary N) is 2. The highest BCUT2D eigenvalue weighted by Gasteiger charge is 2.06. The predicted molar refractivity (Wildman–Crippen MR) is 51.6 cm³/mol. The van der Waals surface area contributed by atoms with Crippen LogP contribution in [0, 0.1) is 0 Å². The van der Waals surface area contributed by atoms with Crippen LogP contribution in [0.15, 0.2) is 24.4 Å². The number of anilines is 1. The van der Waals surface area contributed by atoms with Crippen molar-refractivity contribution >= 4 is 22.7 Å². The molecule has 4 N–H and O–H groups in total. The van der Waals surface area contributed by atoms with Crippen LogP contribution in [0.5, 0.6) is 5.75 Å². The Morgan fingerprint density at radius 2 is 2.21 bits per heavy atom. The van der Waals surface area contributed by atoms with Crippen molar-refractivity contribution in [1.82, 2.24) is 4.98 Å². The van der Waals surface area contributed by atoms with Crippen molar-refractivity contribution in [2.45, 2.75) is 0 Å². The molecule has 0 atom stereocenters. The molecule has 2 aromatic rings. The fraction of sp³-hybridized carbons (Fsp3) is 0. The monoisotopic (exact) mass is 192 g/mol. The predicted octanol–water partition coefficient (Wildman–Crippen LogP) is 1.96. The maximum atomic E-state index is 10.4. The zero-order valence-electron chi connectivity index (χ0n) is 7.11. The molecule has 0 spiro atoms. The third-order valence-corrected chi connectivity index (χ3v) is 1.91. The topological polar surface area (TPSA) is 85.4 Å². The van der Waals surface area contributed by atoms with E-state index in [1.54, 1.807) is 6.07 Å². The lowest BCUT2D eigenvalue weighted by Crippen LogP contribution is -2.06. The van der Waals surface area contributed by atoms with E-state index in [9.17, 15) is 9.90 Å². The van der Waals surface area contributed by atoms with Crippen LogP contribution in [0.25, 0.3) is 10.9 Å². The molecule has 1 aromatic carbocycles. The molecule has 0 fully saturated rings. The zero-order chi connectivity index (χ0) is 10.1. The van der Waals surface area contributed by atoms with Gasteiger partial charge in [-0.3, -0.25) is 5.32 Å². The van der Waals surface area contributed by atoms with Crippen molar-refractivity contribution < 1.29 is 15.0 Å². The highest BCUT2D eigenvalue weighted by Crippen LogP contribution is 2.26. The normalized spacial score (nSPS) is 10.3. The fourth-order valence-corrected chi connectivity index (χ4v) is 1.33. The summed E-state index contributed by atoms with van der Waals surface area (Å²) in [5.74, 6) is 0.102. The maximum Gasteiger partial charge on any atom is 0.409 e. The van der Waals surface area contributed by atoms with E-state index >= 15 is 0 Å². The number of aromatic amines is 1. The molecule has 0 bridgehead atoms. The molecule has 5 heteroatoms. The van der Waals surface area contributed by atoms with Gasteiger partial charge in [0.25, 0.3) is 0 Å². The van der Waals surface area contributed by atoms with E-state index in [2.05, 4.69) is 10.3 Å². The number of rotatable bonds is 1. The number of amides is 1. The SMILES string of the molecule is O=C(O)Nc1c[nH]c2ccc(O)cc12. The third-order valence-electron chi connectivity index (χ3n) is 1.91. The molecule has 2 rings (SSSR count). The Balaban J connectivity index is 2.55. The number of phenols is 1.